The second-order valence-electron chi connectivity index (χ2n) is 7.84. The molecule has 1 aromatic carbocycles. The lowest BCUT2D eigenvalue weighted by atomic mass is 10.2. The first-order valence-electron chi connectivity index (χ1n) is 11.2. The number of carbonyl (C=O) groups is 3. The number of urea groups is 1. The van der Waals surface area contributed by atoms with E-state index in [9.17, 15) is 14.4 Å². The van der Waals surface area contributed by atoms with Crippen molar-refractivity contribution in [1.29, 1.82) is 0 Å². The highest BCUT2D eigenvalue weighted by Crippen LogP contribution is 2.13. The maximum atomic E-state index is 12.5. The van der Waals surface area contributed by atoms with Gasteiger partial charge >= 0.3 is 12.0 Å². The Kier molecular flexibility index (Phi) is 10.9. The molecule has 0 saturated carbocycles. The summed E-state index contributed by atoms with van der Waals surface area (Å²) >= 11 is 0. The fourth-order valence-electron chi connectivity index (χ4n) is 3.60. The van der Waals surface area contributed by atoms with Crippen molar-refractivity contribution in [2.24, 2.45) is 0 Å². The van der Waals surface area contributed by atoms with Crippen molar-refractivity contribution in [2.75, 3.05) is 44.6 Å². The summed E-state index contributed by atoms with van der Waals surface area (Å²) in [5.41, 5.74) is 1.99. The van der Waals surface area contributed by atoms with Gasteiger partial charge in [0.1, 0.15) is 0 Å². The summed E-state index contributed by atoms with van der Waals surface area (Å²) in [7, 11) is 0. The van der Waals surface area contributed by atoms with Gasteiger partial charge in [0.15, 0.2) is 0 Å². The zero-order chi connectivity index (χ0) is 22.5. The number of amides is 3. The van der Waals surface area contributed by atoms with Crippen molar-refractivity contribution in [3.63, 3.8) is 0 Å². The van der Waals surface area contributed by atoms with Gasteiger partial charge in [0, 0.05) is 58.3 Å². The second kappa shape index (κ2) is 13.6. The van der Waals surface area contributed by atoms with E-state index in [1.807, 2.05) is 36.1 Å². The van der Waals surface area contributed by atoms with E-state index in [2.05, 4.69) is 15.5 Å². The SMILES string of the molecule is CCOC(=O)CCCCCNC(=O)N1CCCN(Cc2ccc(NC(C)=O)cc2)CC1. The van der Waals surface area contributed by atoms with Crippen molar-refractivity contribution in [3.05, 3.63) is 29.8 Å². The third kappa shape index (κ3) is 9.83. The summed E-state index contributed by atoms with van der Waals surface area (Å²) in [5, 5.41) is 5.78. The normalized spacial score (nSPS) is 14.6. The van der Waals surface area contributed by atoms with E-state index in [0.717, 1.165) is 57.5 Å². The largest absolute Gasteiger partial charge is 0.466 e. The van der Waals surface area contributed by atoms with Gasteiger partial charge in [-0.1, -0.05) is 18.6 Å². The van der Waals surface area contributed by atoms with Crippen LogP contribution in [0.15, 0.2) is 24.3 Å². The molecular weight excluding hydrogens is 396 g/mol. The van der Waals surface area contributed by atoms with Crippen LogP contribution in [0.25, 0.3) is 0 Å². The molecule has 2 rings (SSSR count). The highest BCUT2D eigenvalue weighted by Gasteiger charge is 2.18. The van der Waals surface area contributed by atoms with Crippen molar-refractivity contribution < 1.29 is 19.1 Å². The number of hydrogen-bond acceptors (Lipinski definition) is 5. The smallest absolute Gasteiger partial charge is 0.317 e. The molecule has 1 heterocycles. The minimum atomic E-state index is -0.149. The molecule has 1 aromatic rings. The average Bonchev–Trinajstić information content (AvgIpc) is 2.97. The van der Waals surface area contributed by atoms with Gasteiger partial charge in [-0.2, -0.15) is 0 Å². The molecule has 0 radical (unpaired) electrons. The Hall–Kier alpha value is -2.61. The molecule has 3 amide bonds. The quantitative estimate of drug-likeness (QED) is 0.438. The Bertz CT molecular complexity index is 708. The number of rotatable bonds is 10. The Morgan fingerprint density at radius 3 is 2.48 bits per heavy atom. The van der Waals surface area contributed by atoms with Crippen LogP contribution in [0.5, 0.6) is 0 Å². The zero-order valence-electron chi connectivity index (χ0n) is 18.8. The Balaban J connectivity index is 1.64. The van der Waals surface area contributed by atoms with E-state index in [0.29, 0.717) is 26.1 Å². The maximum absolute atomic E-state index is 12.5. The molecule has 2 N–H and O–H groups in total. The molecular formula is C23H36N4O4. The minimum absolute atomic E-state index is 0.00750. The first kappa shape index (κ1) is 24.7. The Labute approximate surface area is 185 Å². The van der Waals surface area contributed by atoms with Gasteiger partial charge < -0.3 is 20.3 Å². The third-order valence-electron chi connectivity index (χ3n) is 5.20. The number of nitrogens with one attached hydrogen (secondary N) is 2. The molecule has 172 valence electrons. The molecule has 0 aromatic heterocycles. The molecule has 1 aliphatic heterocycles. The number of unbranched alkanes of at least 4 members (excludes halogenated alkanes) is 2. The van der Waals surface area contributed by atoms with Crippen molar-refractivity contribution in [3.8, 4) is 0 Å². The lowest BCUT2D eigenvalue weighted by Gasteiger charge is -2.22. The first-order chi connectivity index (χ1) is 15.0. The number of nitrogens with zero attached hydrogens (tertiary/aromatic N) is 2. The molecule has 0 spiro atoms. The number of esters is 1. The van der Waals surface area contributed by atoms with Gasteiger partial charge in [0.05, 0.1) is 6.61 Å². The number of benzene rings is 1. The fourth-order valence-corrected chi connectivity index (χ4v) is 3.60. The molecule has 1 aliphatic rings. The first-order valence-corrected chi connectivity index (χ1v) is 11.2. The van der Waals surface area contributed by atoms with Gasteiger partial charge in [-0.15, -0.1) is 0 Å². The molecule has 1 saturated heterocycles. The van der Waals surface area contributed by atoms with Crippen LogP contribution in [0.3, 0.4) is 0 Å². The summed E-state index contributed by atoms with van der Waals surface area (Å²) < 4.78 is 4.91. The van der Waals surface area contributed by atoms with Crippen LogP contribution in [0.4, 0.5) is 10.5 Å². The predicted octanol–water partition coefficient (Wildman–Crippen LogP) is 2.99. The van der Waals surface area contributed by atoms with E-state index in [4.69, 9.17) is 4.74 Å². The molecule has 1 fully saturated rings. The highest BCUT2D eigenvalue weighted by atomic mass is 16.5. The molecule has 0 unspecified atom stereocenters. The van der Waals surface area contributed by atoms with Crippen LogP contribution in [0, 0.1) is 0 Å². The standard InChI is InChI=1S/C23H36N4O4/c1-3-31-22(29)8-5-4-6-13-24-23(30)27-15-7-14-26(16-17-27)18-20-9-11-21(12-10-20)25-19(2)28/h9-12H,3-8,13-18H2,1-2H3,(H,24,30)(H,25,28). The summed E-state index contributed by atoms with van der Waals surface area (Å²) in [4.78, 5) is 39.1. The van der Waals surface area contributed by atoms with Crippen LogP contribution in [-0.4, -0.2) is 67.0 Å². The fraction of sp³-hybridized carbons (Fsp3) is 0.609. The molecule has 0 atom stereocenters. The summed E-state index contributed by atoms with van der Waals surface area (Å²) in [6.07, 6.45) is 3.93. The van der Waals surface area contributed by atoms with E-state index in [1.165, 1.54) is 12.5 Å². The van der Waals surface area contributed by atoms with Crippen LogP contribution in [0.2, 0.25) is 0 Å². The lowest BCUT2D eigenvalue weighted by Crippen LogP contribution is -2.42. The highest BCUT2D eigenvalue weighted by molar-refractivity contribution is 5.88. The van der Waals surface area contributed by atoms with Gasteiger partial charge in [-0.05, 0) is 43.9 Å². The summed E-state index contributed by atoms with van der Waals surface area (Å²) in [6, 6.07) is 7.89. The van der Waals surface area contributed by atoms with Gasteiger partial charge in [-0.25, -0.2) is 4.79 Å². The number of ether oxygens (including phenoxy) is 1. The zero-order valence-corrected chi connectivity index (χ0v) is 18.8. The van der Waals surface area contributed by atoms with E-state index < -0.39 is 0 Å². The number of carbonyl (C=O) groups excluding carboxylic acids is 3. The monoisotopic (exact) mass is 432 g/mol. The molecule has 0 bridgehead atoms. The average molecular weight is 433 g/mol. The van der Waals surface area contributed by atoms with Gasteiger partial charge in [0.25, 0.3) is 0 Å². The summed E-state index contributed by atoms with van der Waals surface area (Å²) in [5.74, 6) is -0.223. The lowest BCUT2D eigenvalue weighted by molar-refractivity contribution is -0.143. The van der Waals surface area contributed by atoms with E-state index in [-0.39, 0.29) is 17.9 Å². The van der Waals surface area contributed by atoms with Crippen LogP contribution in [-0.2, 0) is 20.9 Å². The molecule has 8 heteroatoms. The van der Waals surface area contributed by atoms with E-state index >= 15 is 0 Å². The molecule has 0 aliphatic carbocycles. The van der Waals surface area contributed by atoms with Crippen LogP contribution < -0.4 is 10.6 Å². The van der Waals surface area contributed by atoms with Crippen LogP contribution >= 0.6 is 0 Å². The molecule has 8 nitrogen and oxygen atoms in total. The number of anilines is 1. The van der Waals surface area contributed by atoms with Gasteiger partial charge in [0.2, 0.25) is 5.91 Å². The third-order valence-corrected chi connectivity index (χ3v) is 5.20. The Morgan fingerprint density at radius 2 is 1.77 bits per heavy atom. The van der Waals surface area contributed by atoms with Gasteiger partial charge in [-0.3, -0.25) is 14.5 Å². The maximum Gasteiger partial charge on any atom is 0.317 e. The van der Waals surface area contributed by atoms with Crippen molar-refractivity contribution in [1.82, 2.24) is 15.1 Å². The van der Waals surface area contributed by atoms with Crippen molar-refractivity contribution in [2.45, 2.75) is 52.5 Å². The van der Waals surface area contributed by atoms with E-state index in [1.54, 1.807) is 0 Å². The minimum Gasteiger partial charge on any atom is -0.466 e. The predicted molar refractivity (Wildman–Crippen MR) is 121 cm³/mol. The summed E-state index contributed by atoms with van der Waals surface area (Å²) in [6.45, 7) is 8.43. The topological polar surface area (TPSA) is 91.0 Å². The Morgan fingerprint density at radius 1 is 1.00 bits per heavy atom. The van der Waals surface area contributed by atoms with Crippen molar-refractivity contribution >= 4 is 23.6 Å². The number of hydrogen-bond donors (Lipinski definition) is 2. The molecule has 31 heavy (non-hydrogen) atoms. The van der Waals surface area contributed by atoms with Crippen LogP contribution in [0.1, 0.15) is 51.5 Å². The second-order valence-corrected chi connectivity index (χ2v) is 7.84.